The summed E-state index contributed by atoms with van der Waals surface area (Å²) >= 11 is 0. The van der Waals surface area contributed by atoms with E-state index in [9.17, 15) is 9.90 Å². The van der Waals surface area contributed by atoms with Gasteiger partial charge in [0.15, 0.2) is 0 Å². The van der Waals surface area contributed by atoms with E-state index in [1.807, 2.05) is 14.0 Å². The zero-order valence-electron chi connectivity index (χ0n) is 11.1. The van der Waals surface area contributed by atoms with E-state index in [1.165, 1.54) is 12.8 Å². The van der Waals surface area contributed by atoms with E-state index in [2.05, 4.69) is 5.32 Å². The summed E-state index contributed by atoms with van der Waals surface area (Å²) in [5.74, 6) is 0.569. The molecule has 0 spiro atoms. The Morgan fingerprint density at radius 1 is 1.41 bits per heavy atom. The Balaban J connectivity index is 2.22. The van der Waals surface area contributed by atoms with Crippen molar-refractivity contribution in [3.63, 3.8) is 0 Å². The first-order chi connectivity index (χ1) is 8.19. The summed E-state index contributed by atoms with van der Waals surface area (Å²) in [5, 5.41) is 12.7. The van der Waals surface area contributed by atoms with Crippen LogP contribution in [0.5, 0.6) is 0 Å². The Kier molecular flexibility index (Phi) is 6.52. The Morgan fingerprint density at radius 2 is 2.12 bits per heavy atom. The van der Waals surface area contributed by atoms with Crippen LogP contribution in [0, 0.1) is 5.92 Å². The van der Waals surface area contributed by atoms with E-state index in [-0.39, 0.29) is 12.5 Å². The lowest BCUT2D eigenvalue weighted by Crippen LogP contribution is -2.41. The van der Waals surface area contributed by atoms with Crippen LogP contribution < -0.4 is 5.32 Å². The van der Waals surface area contributed by atoms with Crippen LogP contribution in [0.4, 0.5) is 0 Å². The normalized spacial score (nSPS) is 24.6. The van der Waals surface area contributed by atoms with Crippen LogP contribution in [0.3, 0.4) is 0 Å². The number of hydrogen-bond donors (Lipinski definition) is 2. The number of carbonyl (C=O) groups excluding carboxylic acids is 1. The number of carbonyl (C=O) groups is 1. The lowest BCUT2D eigenvalue weighted by atomic mass is 9.85. The molecule has 0 radical (unpaired) electrons. The molecule has 0 aliphatic heterocycles. The molecule has 4 heteroatoms. The van der Waals surface area contributed by atoms with Crippen LogP contribution in [0.25, 0.3) is 0 Å². The number of nitrogens with one attached hydrogen (secondary N) is 1. The number of aliphatic hydroxyl groups excluding tert-OH is 1. The van der Waals surface area contributed by atoms with Crippen molar-refractivity contribution in [3.05, 3.63) is 0 Å². The highest BCUT2D eigenvalue weighted by Crippen LogP contribution is 2.23. The van der Waals surface area contributed by atoms with Crippen LogP contribution in [-0.4, -0.2) is 48.7 Å². The fourth-order valence-electron chi connectivity index (χ4n) is 2.43. The smallest absolute Gasteiger partial charge is 0.223 e. The maximum atomic E-state index is 11.6. The molecule has 2 N–H and O–H groups in total. The third-order valence-corrected chi connectivity index (χ3v) is 3.79. The van der Waals surface area contributed by atoms with Gasteiger partial charge in [-0.15, -0.1) is 0 Å². The second-order valence-corrected chi connectivity index (χ2v) is 4.95. The van der Waals surface area contributed by atoms with Crippen LogP contribution in [0.1, 0.15) is 39.0 Å². The van der Waals surface area contributed by atoms with Gasteiger partial charge in [-0.1, -0.05) is 12.8 Å². The summed E-state index contributed by atoms with van der Waals surface area (Å²) in [7, 11) is 1.83. The number of hydrogen-bond acceptors (Lipinski definition) is 3. The molecular formula is C13H26N2O2. The lowest BCUT2D eigenvalue weighted by Gasteiger charge is -2.31. The number of aliphatic hydroxyl groups is 1. The van der Waals surface area contributed by atoms with Gasteiger partial charge in [0.05, 0.1) is 0 Å². The molecule has 0 aromatic rings. The van der Waals surface area contributed by atoms with Crippen LogP contribution >= 0.6 is 0 Å². The first-order valence-electron chi connectivity index (χ1n) is 6.77. The van der Waals surface area contributed by atoms with Gasteiger partial charge in [-0.25, -0.2) is 0 Å². The van der Waals surface area contributed by atoms with Crippen molar-refractivity contribution >= 4 is 5.91 Å². The summed E-state index contributed by atoms with van der Waals surface area (Å²) in [6, 6.07) is 0.397. The second kappa shape index (κ2) is 7.67. The first-order valence-corrected chi connectivity index (χ1v) is 6.77. The lowest BCUT2D eigenvalue weighted by molar-refractivity contribution is -0.129. The zero-order chi connectivity index (χ0) is 12.7. The molecule has 0 aromatic carbocycles. The van der Waals surface area contributed by atoms with Crippen molar-refractivity contribution in [3.8, 4) is 0 Å². The minimum Gasteiger partial charge on any atom is -0.396 e. The monoisotopic (exact) mass is 242 g/mol. The van der Waals surface area contributed by atoms with Gasteiger partial charge in [0.2, 0.25) is 5.91 Å². The summed E-state index contributed by atoms with van der Waals surface area (Å²) in [6.45, 7) is 3.74. The maximum absolute atomic E-state index is 11.6. The summed E-state index contributed by atoms with van der Waals surface area (Å²) < 4.78 is 0. The molecule has 1 amide bonds. The molecule has 1 fully saturated rings. The van der Waals surface area contributed by atoms with Crippen molar-refractivity contribution < 1.29 is 9.90 Å². The topological polar surface area (TPSA) is 52.6 Å². The summed E-state index contributed by atoms with van der Waals surface area (Å²) in [6.07, 6.45) is 5.25. The van der Waals surface area contributed by atoms with E-state index in [1.54, 1.807) is 4.90 Å². The molecular weight excluding hydrogens is 216 g/mol. The van der Waals surface area contributed by atoms with E-state index in [0.29, 0.717) is 18.4 Å². The van der Waals surface area contributed by atoms with Gasteiger partial charge in [-0.3, -0.25) is 4.79 Å². The van der Waals surface area contributed by atoms with Crippen molar-refractivity contribution in [2.45, 2.75) is 45.1 Å². The Hall–Kier alpha value is -0.610. The van der Waals surface area contributed by atoms with Crippen LogP contribution in [0.15, 0.2) is 0 Å². The molecule has 17 heavy (non-hydrogen) atoms. The van der Waals surface area contributed by atoms with Gasteiger partial charge in [0.25, 0.3) is 0 Å². The van der Waals surface area contributed by atoms with Gasteiger partial charge >= 0.3 is 0 Å². The summed E-state index contributed by atoms with van der Waals surface area (Å²) in [4.78, 5) is 13.3. The average molecular weight is 242 g/mol. The van der Waals surface area contributed by atoms with Gasteiger partial charge in [-0.2, -0.15) is 0 Å². The molecule has 1 aliphatic rings. The third kappa shape index (κ3) is 4.64. The number of rotatable bonds is 6. The maximum Gasteiger partial charge on any atom is 0.223 e. The van der Waals surface area contributed by atoms with E-state index in [4.69, 9.17) is 0 Å². The molecule has 1 rings (SSSR count). The standard InChI is InChI=1S/C13H26N2O2/c1-3-15(2)13(17)8-9-14-12-7-5-4-6-11(12)10-16/h11-12,14,16H,3-10H2,1-2H3/t11-,12-/m0/s1. The first kappa shape index (κ1) is 14.5. The Bertz CT molecular complexity index is 233. The minimum atomic E-state index is 0.191. The van der Waals surface area contributed by atoms with E-state index >= 15 is 0 Å². The van der Waals surface area contributed by atoms with Crippen molar-refractivity contribution in [1.82, 2.24) is 10.2 Å². The Labute approximate surface area is 104 Å². The molecule has 1 saturated carbocycles. The van der Waals surface area contributed by atoms with Gasteiger partial charge < -0.3 is 15.3 Å². The highest BCUT2D eigenvalue weighted by atomic mass is 16.3. The van der Waals surface area contributed by atoms with Crippen molar-refractivity contribution in [1.29, 1.82) is 0 Å². The molecule has 2 atom stereocenters. The van der Waals surface area contributed by atoms with Gasteiger partial charge in [-0.05, 0) is 25.7 Å². The summed E-state index contributed by atoms with van der Waals surface area (Å²) in [5.41, 5.74) is 0. The molecule has 0 aromatic heterocycles. The highest BCUT2D eigenvalue weighted by molar-refractivity contribution is 5.75. The molecule has 4 nitrogen and oxygen atoms in total. The van der Waals surface area contributed by atoms with Crippen LogP contribution in [0.2, 0.25) is 0 Å². The number of amides is 1. The fraction of sp³-hybridized carbons (Fsp3) is 0.923. The molecule has 0 saturated heterocycles. The van der Waals surface area contributed by atoms with Gasteiger partial charge in [0, 0.05) is 39.2 Å². The van der Waals surface area contributed by atoms with Crippen molar-refractivity contribution in [2.24, 2.45) is 5.92 Å². The quantitative estimate of drug-likeness (QED) is 0.730. The second-order valence-electron chi connectivity index (χ2n) is 4.95. The highest BCUT2D eigenvalue weighted by Gasteiger charge is 2.23. The predicted octanol–water partition coefficient (Wildman–Crippen LogP) is 0.995. The predicted molar refractivity (Wildman–Crippen MR) is 68.8 cm³/mol. The molecule has 0 bridgehead atoms. The zero-order valence-corrected chi connectivity index (χ0v) is 11.1. The van der Waals surface area contributed by atoms with Gasteiger partial charge in [0.1, 0.15) is 0 Å². The van der Waals surface area contributed by atoms with E-state index in [0.717, 1.165) is 25.9 Å². The average Bonchev–Trinajstić information content (AvgIpc) is 2.38. The SMILES string of the molecule is CCN(C)C(=O)CCN[C@H]1CCCC[C@H]1CO. The van der Waals surface area contributed by atoms with E-state index < -0.39 is 0 Å². The molecule has 1 aliphatic carbocycles. The third-order valence-electron chi connectivity index (χ3n) is 3.79. The van der Waals surface area contributed by atoms with Crippen molar-refractivity contribution in [2.75, 3.05) is 26.7 Å². The largest absolute Gasteiger partial charge is 0.396 e. The molecule has 0 heterocycles. The molecule has 0 unspecified atom stereocenters. The molecule has 100 valence electrons. The fourth-order valence-corrected chi connectivity index (χ4v) is 2.43. The Morgan fingerprint density at radius 3 is 2.76 bits per heavy atom. The number of nitrogens with zero attached hydrogens (tertiary/aromatic N) is 1. The van der Waals surface area contributed by atoms with Crippen LogP contribution in [-0.2, 0) is 4.79 Å². The minimum absolute atomic E-state index is 0.191.